The van der Waals surface area contributed by atoms with Crippen molar-refractivity contribution >= 4 is 0 Å². The highest BCUT2D eigenvalue weighted by molar-refractivity contribution is 5.40. The molecule has 21 heavy (non-hydrogen) atoms. The first-order valence-corrected chi connectivity index (χ1v) is 8.79. The number of fused-ring (bicyclic) bond motifs is 3. The fraction of sp³-hybridized carbons (Fsp3) is 0.700. The monoisotopic (exact) mass is 285 g/mol. The van der Waals surface area contributed by atoms with E-state index in [2.05, 4.69) is 51.7 Å². The number of hydrogen-bond acceptors (Lipinski definition) is 1. The molecule has 1 aromatic carbocycles. The van der Waals surface area contributed by atoms with Crippen LogP contribution in [-0.4, -0.2) is 18.0 Å². The molecule has 116 valence electrons. The SMILES string of the molecule is Cc1cc2c(cc1C)C1CC(C)C(CC(C)C)CN1CC2. The molecule has 3 rings (SSSR count). The highest BCUT2D eigenvalue weighted by atomic mass is 15.2. The zero-order valence-electron chi connectivity index (χ0n) is 14.4. The minimum absolute atomic E-state index is 0.687. The third-order valence-corrected chi connectivity index (χ3v) is 5.87. The highest BCUT2D eigenvalue weighted by Gasteiger charge is 2.37. The van der Waals surface area contributed by atoms with E-state index in [1.807, 2.05) is 0 Å². The van der Waals surface area contributed by atoms with Gasteiger partial charge in [0.15, 0.2) is 0 Å². The molecule has 1 fully saturated rings. The van der Waals surface area contributed by atoms with Crippen molar-refractivity contribution in [1.82, 2.24) is 4.90 Å². The van der Waals surface area contributed by atoms with Gasteiger partial charge in [0.1, 0.15) is 0 Å². The van der Waals surface area contributed by atoms with Crippen molar-refractivity contribution in [3.63, 3.8) is 0 Å². The van der Waals surface area contributed by atoms with Gasteiger partial charge in [-0.3, -0.25) is 4.90 Å². The van der Waals surface area contributed by atoms with Crippen molar-refractivity contribution in [2.45, 2.75) is 59.9 Å². The molecule has 1 aromatic rings. The van der Waals surface area contributed by atoms with E-state index in [1.165, 1.54) is 43.5 Å². The summed E-state index contributed by atoms with van der Waals surface area (Å²) in [5.41, 5.74) is 6.18. The summed E-state index contributed by atoms with van der Waals surface area (Å²) >= 11 is 0. The number of aryl methyl sites for hydroxylation is 2. The summed E-state index contributed by atoms with van der Waals surface area (Å²) in [5.74, 6) is 2.59. The summed E-state index contributed by atoms with van der Waals surface area (Å²) in [4.78, 5) is 2.78. The highest BCUT2D eigenvalue weighted by Crippen LogP contribution is 2.43. The third kappa shape index (κ3) is 2.90. The third-order valence-electron chi connectivity index (χ3n) is 5.87. The van der Waals surface area contributed by atoms with Crippen LogP contribution in [0.5, 0.6) is 0 Å². The van der Waals surface area contributed by atoms with E-state index in [0.29, 0.717) is 6.04 Å². The van der Waals surface area contributed by atoms with Gasteiger partial charge in [0.25, 0.3) is 0 Å². The topological polar surface area (TPSA) is 3.24 Å². The van der Waals surface area contributed by atoms with E-state index in [1.54, 1.807) is 11.1 Å². The van der Waals surface area contributed by atoms with Crippen LogP contribution in [0.25, 0.3) is 0 Å². The second kappa shape index (κ2) is 5.76. The van der Waals surface area contributed by atoms with E-state index >= 15 is 0 Å². The second-order valence-electron chi connectivity index (χ2n) is 8.00. The molecule has 0 bridgehead atoms. The maximum atomic E-state index is 2.78. The first-order chi connectivity index (χ1) is 9.95. The lowest BCUT2D eigenvalue weighted by Gasteiger charge is -2.47. The smallest absolute Gasteiger partial charge is 0.0353 e. The van der Waals surface area contributed by atoms with Crippen LogP contribution in [0.4, 0.5) is 0 Å². The van der Waals surface area contributed by atoms with Gasteiger partial charge in [-0.25, -0.2) is 0 Å². The van der Waals surface area contributed by atoms with Crippen molar-refractivity contribution in [3.8, 4) is 0 Å². The Hall–Kier alpha value is -0.820. The van der Waals surface area contributed by atoms with Crippen LogP contribution in [-0.2, 0) is 6.42 Å². The molecule has 0 N–H and O–H groups in total. The Morgan fingerprint density at radius 3 is 2.62 bits per heavy atom. The Morgan fingerprint density at radius 2 is 1.90 bits per heavy atom. The van der Waals surface area contributed by atoms with Gasteiger partial charge in [-0.2, -0.15) is 0 Å². The molecular formula is C20H31N. The molecule has 0 aliphatic carbocycles. The van der Waals surface area contributed by atoms with E-state index in [4.69, 9.17) is 0 Å². The summed E-state index contributed by atoms with van der Waals surface area (Å²) in [6, 6.07) is 5.62. The van der Waals surface area contributed by atoms with Crippen molar-refractivity contribution in [2.75, 3.05) is 13.1 Å². The Labute approximate surface area is 130 Å². The first-order valence-electron chi connectivity index (χ1n) is 8.79. The molecular weight excluding hydrogens is 254 g/mol. The maximum absolute atomic E-state index is 2.78. The molecule has 2 heterocycles. The summed E-state index contributed by atoms with van der Waals surface area (Å²) in [6.07, 6.45) is 3.99. The fourth-order valence-corrected chi connectivity index (χ4v) is 4.47. The number of hydrogen-bond donors (Lipinski definition) is 0. The van der Waals surface area contributed by atoms with Gasteiger partial charge in [-0.1, -0.05) is 32.9 Å². The van der Waals surface area contributed by atoms with E-state index < -0.39 is 0 Å². The minimum atomic E-state index is 0.687. The summed E-state index contributed by atoms with van der Waals surface area (Å²) in [7, 11) is 0. The molecule has 1 nitrogen and oxygen atoms in total. The van der Waals surface area contributed by atoms with Crippen LogP contribution in [0.1, 0.15) is 61.9 Å². The van der Waals surface area contributed by atoms with Gasteiger partial charge in [0.2, 0.25) is 0 Å². The van der Waals surface area contributed by atoms with Crippen molar-refractivity contribution < 1.29 is 0 Å². The molecule has 3 unspecified atom stereocenters. The molecule has 0 radical (unpaired) electrons. The maximum Gasteiger partial charge on any atom is 0.0353 e. The quantitative estimate of drug-likeness (QED) is 0.746. The summed E-state index contributed by atoms with van der Waals surface area (Å²) in [6.45, 7) is 14.3. The largest absolute Gasteiger partial charge is 0.296 e. The van der Waals surface area contributed by atoms with Gasteiger partial charge in [-0.05, 0) is 73.1 Å². The van der Waals surface area contributed by atoms with Gasteiger partial charge < -0.3 is 0 Å². The predicted molar refractivity (Wildman–Crippen MR) is 90.7 cm³/mol. The average molecular weight is 285 g/mol. The Kier molecular flexibility index (Phi) is 4.14. The number of nitrogens with zero attached hydrogens (tertiary/aromatic N) is 1. The normalized spacial score (nSPS) is 29.3. The standard InChI is InChI=1S/C20H31N/c1-13(2)8-18-12-21-7-6-17-9-14(3)15(4)10-19(17)20(21)11-16(18)5/h9-10,13,16,18,20H,6-8,11-12H2,1-5H3. The van der Waals surface area contributed by atoms with E-state index in [9.17, 15) is 0 Å². The van der Waals surface area contributed by atoms with Crippen LogP contribution >= 0.6 is 0 Å². The first kappa shape index (κ1) is 15.1. The Balaban J connectivity index is 1.85. The zero-order chi connectivity index (χ0) is 15.1. The molecule has 1 saturated heterocycles. The van der Waals surface area contributed by atoms with Crippen molar-refractivity contribution in [1.29, 1.82) is 0 Å². The summed E-state index contributed by atoms with van der Waals surface area (Å²) < 4.78 is 0. The van der Waals surface area contributed by atoms with Crippen molar-refractivity contribution in [2.24, 2.45) is 17.8 Å². The van der Waals surface area contributed by atoms with Crippen LogP contribution in [0.3, 0.4) is 0 Å². The molecule has 2 aliphatic rings. The van der Waals surface area contributed by atoms with Gasteiger partial charge >= 0.3 is 0 Å². The van der Waals surface area contributed by atoms with E-state index in [0.717, 1.165) is 17.8 Å². The number of rotatable bonds is 2. The number of benzene rings is 1. The molecule has 2 aliphatic heterocycles. The van der Waals surface area contributed by atoms with Gasteiger partial charge in [0.05, 0.1) is 0 Å². The number of piperidine rings is 1. The Morgan fingerprint density at radius 1 is 1.19 bits per heavy atom. The minimum Gasteiger partial charge on any atom is -0.296 e. The molecule has 0 saturated carbocycles. The molecule has 0 aromatic heterocycles. The van der Waals surface area contributed by atoms with Crippen LogP contribution < -0.4 is 0 Å². The predicted octanol–water partition coefficient (Wildman–Crippen LogP) is 4.90. The lowest BCUT2D eigenvalue weighted by atomic mass is 9.74. The Bertz CT molecular complexity index is 517. The van der Waals surface area contributed by atoms with Crippen molar-refractivity contribution in [3.05, 3.63) is 34.4 Å². The lowest BCUT2D eigenvalue weighted by molar-refractivity contribution is 0.0517. The van der Waals surface area contributed by atoms with Gasteiger partial charge in [-0.15, -0.1) is 0 Å². The molecule has 0 spiro atoms. The summed E-state index contributed by atoms with van der Waals surface area (Å²) in [5, 5.41) is 0. The van der Waals surface area contributed by atoms with Crippen LogP contribution in [0, 0.1) is 31.6 Å². The average Bonchev–Trinajstić information content (AvgIpc) is 2.41. The molecule has 0 amide bonds. The molecule has 3 atom stereocenters. The van der Waals surface area contributed by atoms with Crippen LogP contribution in [0.15, 0.2) is 12.1 Å². The fourth-order valence-electron chi connectivity index (χ4n) is 4.47. The van der Waals surface area contributed by atoms with Crippen LogP contribution in [0.2, 0.25) is 0 Å². The zero-order valence-corrected chi connectivity index (χ0v) is 14.4. The lowest BCUT2D eigenvalue weighted by Crippen LogP contribution is -2.45. The second-order valence-corrected chi connectivity index (χ2v) is 8.00. The molecule has 1 heteroatoms. The van der Waals surface area contributed by atoms with E-state index in [-0.39, 0.29) is 0 Å². The van der Waals surface area contributed by atoms with Gasteiger partial charge in [0, 0.05) is 19.1 Å².